The number of benzene rings is 1. The molecule has 0 aliphatic rings. The number of hydrogen-bond acceptors (Lipinski definition) is 4. The van der Waals surface area contributed by atoms with E-state index in [1.165, 1.54) is 6.92 Å². The van der Waals surface area contributed by atoms with Crippen molar-refractivity contribution in [1.82, 2.24) is 9.97 Å². The zero-order valence-electron chi connectivity index (χ0n) is 10.1. The van der Waals surface area contributed by atoms with Gasteiger partial charge in [-0.25, -0.2) is 4.98 Å². The fraction of sp³-hybridized carbons (Fsp3) is 0.0769. The van der Waals surface area contributed by atoms with Crippen LogP contribution in [-0.4, -0.2) is 21.7 Å². The summed E-state index contributed by atoms with van der Waals surface area (Å²) in [5, 5.41) is 2.57. The van der Waals surface area contributed by atoms with Gasteiger partial charge in [0.05, 0.1) is 6.33 Å². The largest absolute Gasteiger partial charge is 0.321 e. The molecule has 1 aromatic carbocycles. The van der Waals surface area contributed by atoms with Crippen LogP contribution in [0.25, 0.3) is 0 Å². The lowest BCUT2D eigenvalue weighted by Crippen LogP contribution is -2.17. The predicted octanol–water partition coefficient (Wildman–Crippen LogP) is 1.22. The van der Waals surface area contributed by atoms with Crippen LogP contribution in [0.3, 0.4) is 0 Å². The number of hydrogen-bond donors (Lipinski definition) is 2. The van der Waals surface area contributed by atoms with Gasteiger partial charge < -0.3 is 10.3 Å². The molecule has 0 unspecified atom stereocenters. The molecule has 1 heterocycles. The quantitative estimate of drug-likeness (QED) is 0.809. The number of ketones is 1. The van der Waals surface area contributed by atoms with Crippen LogP contribution in [0.4, 0.5) is 5.69 Å². The van der Waals surface area contributed by atoms with Crippen molar-refractivity contribution in [2.24, 2.45) is 0 Å². The molecular weight excluding hydrogens is 246 g/mol. The Kier molecular flexibility index (Phi) is 3.51. The lowest BCUT2D eigenvalue weighted by molar-refractivity contribution is 0.100. The maximum Gasteiger partial charge on any atom is 0.274 e. The van der Waals surface area contributed by atoms with Crippen LogP contribution in [-0.2, 0) is 0 Å². The number of Topliss-reactive ketones (excluding diaryl/α,β-unsaturated/α-hetero) is 1. The van der Waals surface area contributed by atoms with E-state index in [-0.39, 0.29) is 11.5 Å². The van der Waals surface area contributed by atoms with Crippen molar-refractivity contribution in [3.05, 3.63) is 58.3 Å². The molecule has 2 aromatic rings. The highest BCUT2D eigenvalue weighted by Crippen LogP contribution is 2.11. The average Bonchev–Trinajstić information content (AvgIpc) is 2.39. The van der Waals surface area contributed by atoms with E-state index in [1.54, 1.807) is 24.3 Å². The molecule has 19 heavy (non-hydrogen) atoms. The monoisotopic (exact) mass is 257 g/mol. The van der Waals surface area contributed by atoms with E-state index in [0.29, 0.717) is 11.3 Å². The predicted molar refractivity (Wildman–Crippen MR) is 69.3 cm³/mol. The molecule has 2 N–H and O–H groups in total. The van der Waals surface area contributed by atoms with Crippen molar-refractivity contribution in [2.75, 3.05) is 5.32 Å². The molecular formula is C13H11N3O3. The number of nitrogens with zero attached hydrogens (tertiary/aromatic N) is 1. The Morgan fingerprint density at radius 2 is 2.05 bits per heavy atom. The van der Waals surface area contributed by atoms with E-state index < -0.39 is 11.5 Å². The highest BCUT2D eigenvalue weighted by Gasteiger charge is 2.09. The molecule has 1 aromatic heterocycles. The van der Waals surface area contributed by atoms with E-state index in [2.05, 4.69) is 15.3 Å². The number of carbonyl (C=O) groups is 2. The molecule has 0 aliphatic heterocycles. The normalized spacial score (nSPS) is 9.95. The molecule has 0 aliphatic carbocycles. The number of aromatic amines is 1. The second-order valence-electron chi connectivity index (χ2n) is 3.89. The van der Waals surface area contributed by atoms with E-state index in [1.807, 2.05) is 0 Å². The Balaban J connectivity index is 2.22. The van der Waals surface area contributed by atoms with Gasteiger partial charge in [0.2, 0.25) is 0 Å². The molecule has 0 saturated carbocycles. The number of carbonyl (C=O) groups excluding carboxylic acids is 2. The summed E-state index contributed by atoms with van der Waals surface area (Å²) in [5.74, 6) is -0.600. The van der Waals surface area contributed by atoms with Crippen LogP contribution >= 0.6 is 0 Å². The molecule has 0 bridgehead atoms. The second kappa shape index (κ2) is 5.26. The number of nitrogens with one attached hydrogen (secondary N) is 2. The van der Waals surface area contributed by atoms with E-state index >= 15 is 0 Å². The van der Waals surface area contributed by atoms with Gasteiger partial charge in [0.1, 0.15) is 5.69 Å². The minimum absolute atomic E-state index is 0.0111. The van der Waals surface area contributed by atoms with Crippen molar-refractivity contribution < 1.29 is 9.59 Å². The van der Waals surface area contributed by atoms with Gasteiger partial charge in [0.25, 0.3) is 11.5 Å². The van der Waals surface area contributed by atoms with Gasteiger partial charge in [0, 0.05) is 17.3 Å². The van der Waals surface area contributed by atoms with Gasteiger partial charge in [-0.05, 0) is 19.1 Å². The highest BCUT2D eigenvalue weighted by atomic mass is 16.2. The second-order valence-corrected chi connectivity index (χ2v) is 3.89. The summed E-state index contributed by atoms with van der Waals surface area (Å²) < 4.78 is 0. The van der Waals surface area contributed by atoms with E-state index in [4.69, 9.17) is 0 Å². The lowest BCUT2D eigenvalue weighted by Gasteiger charge is -2.05. The molecule has 6 nitrogen and oxygen atoms in total. The van der Waals surface area contributed by atoms with E-state index in [9.17, 15) is 14.4 Å². The van der Waals surface area contributed by atoms with Gasteiger partial charge in [0.15, 0.2) is 5.78 Å². The van der Waals surface area contributed by atoms with Crippen LogP contribution in [0.2, 0.25) is 0 Å². The van der Waals surface area contributed by atoms with Crippen molar-refractivity contribution in [2.45, 2.75) is 6.92 Å². The average molecular weight is 257 g/mol. The molecule has 0 atom stereocenters. The Morgan fingerprint density at radius 1 is 1.26 bits per heavy atom. The van der Waals surface area contributed by atoms with Gasteiger partial charge in [-0.15, -0.1) is 0 Å². The smallest absolute Gasteiger partial charge is 0.274 e. The minimum Gasteiger partial charge on any atom is -0.321 e. The molecule has 0 saturated heterocycles. The highest BCUT2D eigenvalue weighted by molar-refractivity contribution is 6.03. The lowest BCUT2D eigenvalue weighted by atomic mass is 10.1. The van der Waals surface area contributed by atoms with Crippen molar-refractivity contribution in [3.63, 3.8) is 0 Å². The number of anilines is 1. The Morgan fingerprint density at radius 3 is 2.74 bits per heavy atom. The standard InChI is InChI=1S/C13H11N3O3/c1-8(17)9-3-2-4-10(5-9)16-13(19)11-6-12(18)15-7-14-11/h2-7H,1H3,(H,16,19)(H,14,15,18). The molecule has 0 fully saturated rings. The Bertz CT molecular complexity index is 691. The van der Waals surface area contributed by atoms with Crippen molar-refractivity contribution in [1.29, 1.82) is 0 Å². The summed E-state index contributed by atoms with van der Waals surface area (Å²) in [4.78, 5) is 40.2. The molecule has 0 spiro atoms. The SMILES string of the molecule is CC(=O)c1cccc(NC(=O)c2cc(=O)[nH]cn2)c1. The Hall–Kier alpha value is -2.76. The van der Waals surface area contributed by atoms with Crippen LogP contribution in [0.1, 0.15) is 27.8 Å². The first-order chi connectivity index (χ1) is 9.06. The first-order valence-corrected chi connectivity index (χ1v) is 5.53. The van der Waals surface area contributed by atoms with Gasteiger partial charge in [-0.2, -0.15) is 0 Å². The van der Waals surface area contributed by atoms with E-state index in [0.717, 1.165) is 12.4 Å². The third-order valence-corrected chi connectivity index (χ3v) is 2.44. The first kappa shape index (κ1) is 12.7. The number of amides is 1. The summed E-state index contributed by atoms with van der Waals surface area (Å²) in [6.45, 7) is 1.44. The third-order valence-electron chi connectivity index (χ3n) is 2.44. The topological polar surface area (TPSA) is 91.9 Å². The van der Waals surface area contributed by atoms with Gasteiger partial charge >= 0.3 is 0 Å². The molecule has 0 radical (unpaired) electrons. The Labute approximate surface area is 108 Å². The van der Waals surface area contributed by atoms with Gasteiger partial charge in [-0.3, -0.25) is 14.4 Å². The maximum atomic E-state index is 11.8. The minimum atomic E-state index is -0.508. The number of H-pyrrole nitrogens is 1. The fourth-order valence-electron chi connectivity index (χ4n) is 1.50. The summed E-state index contributed by atoms with van der Waals surface area (Å²) in [7, 11) is 0. The summed E-state index contributed by atoms with van der Waals surface area (Å²) >= 11 is 0. The van der Waals surface area contributed by atoms with Crippen LogP contribution in [0.5, 0.6) is 0 Å². The molecule has 2 rings (SSSR count). The van der Waals surface area contributed by atoms with Crippen molar-refractivity contribution in [3.8, 4) is 0 Å². The first-order valence-electron chi connectivity index (χ1n) is 5.53. The fourth-order valence-corrected chi connectivity index (χ4v) is 1.50. The van der Waals surface area contributed by atoms with Crippen LogP contribution in [0, 0.1) is 0 Å². The van der Waals surface area contributed by atoms with Crippen molar-refractivity contribution >= 4 is 17.4 Å². The summed E-state index contributed by atoms with van der Waals surface area (Å²) in [6.07, 6.45) is 1.16. The zero-order valence-corrected chi connectivity index (χ0v) is 10.1. The maximum absolute atomic E-state index is 11.8. The van der Waals surface area contributed by atoms with Gasteiger partial charge in [-0.1, -0.05) is 12.1 Å². The number of aromatic nitrogens is 2. The molecule has 96 valence electrons. The molecule has 6 heteroatoms. The number of rotatable bonds is 3. The third kappa shape index (κ3) is 3.12. The summed E-state index contributed by atoms with van der Waals surface area (Å²) in [5.41, 5.74) is 0.575. The van der Waals surface area contributed by atoms with Crippen LogP contribution in [0.15, 0.2) is 41.5 Å². The summed E-state index contributed by atoms with van der Waals surface area (Å²) in [6, 6.07) is 7.64. The van der Waals surface area contributed by atoms with Crippen LogP contribution < -0.4 is 10.9 Å². The molecule has 1 amide bonds. The zero-order chi connectivity index (χ0) is 13.8.